The topological polar surface area (TPSA) is 34.1 Å². The van der Waals surface area contributed by atoms with E-state index in [1.165, 1.54) is 28.0 Å². The maximum atomic E-state index is 5.90. The normalized spacial score (nSPS) is 21.6. The van der Waals surface area contributed by atoms with Gasteiger partial charge in [-0.05, 0) is 65.8 Å². The Balaban J connectivity index is 1.34. The van der Waals surface area contributed by atoms with Gasteiger partial charge in [0.2, 0.25) is 0 Å². The molecule has 3 aromatic rings. The van der Waals surface area contributed by atoms with Crippen LogP contribution in [-0.4, -0.2) is 23.3 Å². The molecule has 3 aliphatic heterocycles. The smallest absolute Gasteiger partial charge is 0.174 e. The van der Waals surface area contributed by atoms with Crippen LogP contribution in [0.2, 0.25) is 0 Å². The van der Waals surface area contributed by atoms with E-state index in [2.05, 4.69) is 89.2 Å². The zero-order valence-corrected chi connectivity index (χ0v) is 20.7. The van der Waals surface area contributed by atoms with Gasteiger partial charge in [-0.3, -0.25) is 0 Å². The zero-order valence-electron chi connectivity index (χ0n) is 19.9. The Morgan fingerprint density at radius 3 is 2.47 bits per heavy atom. The van der Waals surface area contributed by atoms with Gasteiger partial charge in [0.1, 0.15) is 13.2 Å². The van der Waals surface area contributed by atoms with E-state index in [1.54, 1.807) is 11.8 Å². The van der Waals surface area contributed by atoms with Crippen molar-refractivity contribution in [1.82, 2.24) is 4.90 Å². The maximum Gasteiger partial charge on any atom is 0.174 e. The highest BCUT2D eigenvalue weighted by Crippen LogP contribution is 2.51. The minimum absolute atomic E-state index is 0.114. The lowest BCUT2D eigenvalue weighted by Gasteiger charge is -2.40. The number of rotatable bonds is 3. The minimum Gasteiger partial charge on any atom is -0.486 e. The number of nitrogens with zero attached hydrogens (tertiary/aromatic N) is 2. The highest BCUT2D eigenvalue weighted by atomic mass is 32.2. The van der Waals surface area contributed by atoms with Crippen molar-refractivity contribution in [2.45, 2.75) is 25.3 Å². The van der Waals surface area contributed by atoms with Crippen LogP contribution in [0.4, 0.5) is 0 Å². The quantitative estimate of drug-likeness (QED) is 0.382. The summed E-state index contributed by atoms with van der Waals surface area (Å²) in [6.45, 7) is 1.18. The molecule has 0 bridgehead atoms. The van der Waals surface area contributed by atoms with Gasteiger partial charge in [-0.25, -0.2) is 4.99 Å². The fraction of sp³-hybridized carbons (Fsp3) is 0.194. The van der Waals surface area contributed by atoms with Gasteiger partial charge in [0.05, 0.1) is 17.4 Å². The molecule has 0 unspecified atom stereocenters. The van der Waals surface area contributed by atoms with Gasteiger partial charge in [0.15, 0.2) is 16.7 Å². The molecule has 3 heterocycles. The summed E-state index contributed by atoms with van der Waals surface area (Å²) in [6.07, 6.45) is 5.56. The number of amidine groups is 1. The highest BCUT2D eigenvalue weighted by molar-refractivity contribution is 8.16. The van der Waals surface area contributed by atoms with Gasteiger partial charge < -0.3 is 14.4 Å². The van der Waals surface area contributed by atoms with Crippen LogP contribution in [0.1, 0.15) is 42.0 Å². The zero-order chi connectivity index (χ0) is 23.9. The van der Waals surface area contributed by atoms with Gasteiger partial charge in [0, 0.05) is 11.0 Å². The molecule has 0 spiro atoms. The number of aliphatic imine (C=N–C) groups is 1. The van der Waals surface area contributed by atoms with Crippen molar-refractivity contribution < 1.29 is 9.47 Å². The summed E-state index contributed by atoms with van der Waals surface area (Å²) in [4.78, 5) is 7.72. The van der Waals surface area contributed by atoms with Crippen LogP contribution in [0.15, 0.2) is 106 Å². The first-order chi connectivity index (χ1) is 17.8. The van der Waals surface area contributed by atoms with Crippen LogP contribution in [0.25, 0.3) is 11.8 Å². The first kappa shape index (κ1) is 21.6. The molecular weight excluding hydrogens is 464 g/mol. The molecule has 1 aliphatic carbocycles. The number of hydrogen-bond acceptors (Lipinski definition) is 5. The lowest BCUT2D eigenvalue weighted by atomic mass is 9.83. The SMILES string of the molecule is C1=C(c2ccc3c(c2)OCCO3)N2C(=NC3=C(CCC/C3=C\c3ccccc3)[C@H]2c2ccccc2)S1. The van der Waals surface area contributed by atoms with Crippen LogP contribution in [0, 0.1) is 0 Å². The third-order valence-electron chi connectivity index (χ3n) is 7.13. The molecule has 4 aliphatic rings. The van der Waals surface area contributed by atoms with Gasteiger partial charge in [0.25, 0.3) is 0 Å². The van der Waals surface area contributed by atoms with Crippen LogP contribution >= 0.6 is 11.8 Å². The Hall–Kier alpha value is -3.70. The molecule has 178 valence electrons. The maximum absolute atomic E-state index is 5.90. The molecule has 4 nitrogen and oxygen atoms in total. The van der Waals surface area contributed by atoms with Gasteiger partial charge in [-0.1, -0.05) is 72.4 Å². The summed E-state index contributed by atoms with van der Waals surface area (Å²) in [7, 11) is 0. The predicted molar refractivity (Wildman–Crippen MR) is 147 cm³/mol. The molecule has 0 saturated heterocycles. The molecule has 0 saturated carbocycles. The largest absolute Gasteiger partial charge is 0.486 e. The monoisotopic (exact) mass is 490 g/mol. The number of allylic oxidation sites excluding steroid dienone is 1. The second-order valence-electron chi connectivity index (χ2n) is 9.36. The molecule has 0 radical (unpaired) electrons. The Bertz CT molecular complexity index is 1440. The Morgan fingerprint density at radius 2 is 1.64 bits per heavy atom. The Labute approximate surface area is 215 Å². The number of benzene rings is 3. The first-order valence-corrected chi connectivity index (χ1v) is 13.4. The van der Waals surface area contributed by atoms with Crippen molar-refractivity contribution in [1.29, 1.82) is 0 Å². The molecule has 7 rings (SSSR count). The van der Waals surface area contributed by atoms with E-state index in [0.717, 1.165) is 47.2 Å². The average Bonchev–Trinajstić information content (AvgIpc) is 3.36. The van der Waals surface area contributed by atoms with E-state index >= 15 is 0 Å². The van der Waals surface area contributed by atoms with Crippen LogP contribution in [0.5, 0.6) is 11.5 Å². The van der Waals surface area contributed by atoms with Crippen molar-refractivity contribution in [3.63, 3.8) is 0 Å². The third-order valence-corrected chi connectivity index (χ3v) is 7.97. The van der Waals surface area contributed by atoms with Crippen LogP contribution in [-0.2, 0) is 0 Å². The summed E-state index contributed by atoms with van der Waals surface area (Å²) in [5.74, 6) is 1.63. The number of thioether (sulfide) groups is 1. The summed E-state index contributed by atoms with van der Waals surface area (Å²) in [5, 5.41) is 3.27. The van der Waals surface area contributed by atoms with Gasteiger partial charge >= 0.3 is 0 Å². The third kappa shape index (κ3) is 3.75. The molecule has 1 atom stereocenters. The van der Waals surface area contributed by atoms with Crippen molar-refractivity contribution in [2.75, 3.05) is 13.2 Å². The predicted octanol–water partition coefficient (Wildman–Crippen LogP) is 7.44. The Morgan fingerprint density at radius 1 is 0.861 bits per heavy atom. The molecule has 5 heteroatoms. The van der Waals surface area contributed by atoms with Crippen molar-refractivity contribution in [3.8, 4) is 11.5 Å². The molecule has 0 aromatic heterocycles. The molecule has 0 N–H and O–H groups in total. The number of fused-ring (bicyclic) bond motifs is 2. The average molecular weight is 491 g/mol. The lowest BCUT2D eigenvalue weighted by Crippen LogP contribution is -2.34. The molecule has 0 fully saturated rings. The van der Waals surface area contributed by atoms with E-state index < -0.39 is 0 Å². The second-order valence-corrected chi connectivity index (χ2v) is 10.2. The Kier molecular flexibility index (Phi) is 5.43. The van der Waals surface area contributed by atoms with Crippen molar-refractivity contribution in [2.24, 2.45) is 4.99 Å². The first-order valence-electron chi connectivity index (χ1n) is 12.5. The summed E-state index contributed by atoms with van der Waals surface area (Å²) >= 11 is 1.71. The van der Waals surface area contributed by atoms with Crippen molar-refractivity contribution in [3.05, 3.63) is 118 Å². The fourth-order valence-electron chi connectivity index (χ4n) is 5.51. The van der Waals surface area contributed by atoms with Crippen molar-refractivity contribution >= 4 is 28.7 Å². The highest BCUT2D eigenvalue weighted by Gasteiger charge is 2.40. The van der Waals surface area contributed by atoms with E-state index in [0.29, 0.717) is 13.2 Å². The molecule has 0 amide bonds. The molecule has 3 aromatic carbocycles. The summed E-state index contributed by atoms with van der Waals surface area (Å²) in [6, 6.07) is 27.9. The summed E-state index contributed by atoms with van der Waals surface area (Å²) in [5.41, 5.74) is 8.73. The lowest BCUT2D eigenvalue weighted by molar-refractivity contribution is 0.171. The number of ether oxygens (including phenoxy) is 2. The minimum atomic E-state index is 0.114. The standard InChI is InChI=1S/C31H26N2O2S/c1-3-8-21(9-4-1)18-24-12-7-13-25-29(24)32-31-33(30(25)22-10-5-2-6-11-22)26(20-36-31)23-14-15-27-28(19-23)35-17-16-34-27/h1-6,8-11,14-15,18-20,30H,7,12-13,16-17H2/b24-18+/t30-/m1/s1. The molecular formula is C31H26N2O2S. The van der Waals surface area contributed by atoms with Gasteiger partial charge in [-0.15, -0.1) is 0 Å². The van der Waals surface area contributed by atoms with Crippen LogP contribution in [0.3, 0.4) is 0 Å². The number of hydrogen-bond donors (Lipinski definition) is 0. The second kappa shape index (κ2) is 9.07. The van der Waals surface area contributed by atoms with E-state index in [4.69, 9.17) is 14.5 Å². The fourth-order valence-corrected chi connectivity index (χ4v) is 6.44. The van der Waals surface area contributed by atoms with Gasteiger partial charge in [-0.2, -0.15) is 0 Å². The van der Waals surface area contributed by atoms with E-state index in [-0.39, 0.29) is 6.04 Å². The summed E-state index contributed by atoms with van der Waals surface area (Å²) < 4.78 is 11.7. The van der Waals surface area contributed by atoms with E-state index in [9.17, 15) is 0 Å². The van der Waals surface area contributed by atoms with Crippen LogP contribution < -0.4 is 9.47 Å². The molecule has 36 heavy (non-hydrogen) atoms. The van der Waals surface area contributed by atoms with E-state index in [1.807, 2.05) is 6.07 Å².